The van der Waals surface area contributed by atoms with Crippen LogP contribution in [0.2, 0.25) is 0 Å². The van der Waals surface area contributed by atoms with E-state index in [4.69, 9.17) is 9.57 Å². The number of ether oxygens (including phenoxy) is 1. The number of amides is 1. The summed E-state index contributed by atoms with van der Waals surface area (Å²) in [6.07, 6.45) is 2.42. The number of aryl methyl sites for hydroxylation is 2. The maximum atomic E-state index is 12.0. The summed E-state index contributed by atoms with van der Waals surface area (Å²) in [5, 5.41) is 6.73. The van der Waals surface area contributed by atoms with Gasteiger partial charge in [0.15, 0.2) is 6.61 Å². The number of carbonyl (C=O) groups excluding carboxylic acids is 1. The predicted octanol–water partition coefficient (Wildman–Crippen LogP) is 3.95. The quantitative estimate of drug-likeness (QED) is 0.585. The lowest BCUT2D eigenvalue weighted by Gasteiger charge is -2.12. The highest BCUT2D eigenvalue weighted by Crippen LogP contribution is 2.20. The molecule has 1 N–H and O–H groups in total. The molecule has 2 aromatic carbocycles. The highest BCUT2D eigenvalue weighted by molar-refractivity contribution is 5.93. The number of benzene rings is 2. The van der Waals surface area contributed by atoms with Crippen LogP contribution < -0.4 is 10.1 Å². The molecule has 0 heterocycles. The molecule has 0 bridgehead atoms. The zero-order valence-corrected chi connectivity index (χ0v) is 14.9. The van der Waals surface area contributed by atoms with Gasteiger partial charge in [0, 0.05) is 5.69 Å². The van der Waals surface area contributed by atoms with Crippen LogP contribution in [0.1, 0.15) is 30.5 Å². The Kier molecular flexibility index (Phi) is 7.01. The van der Waals surface area contributed by atoms with E-state index >= 15 is 0 Å². The highest BCUT2D eigenvalue weighted by atomic mass is 16.6. The zero-order valence-electron chi connectivity index (χ0n) is 14.9. The smallest absolute Gasteiger partial charge is 0.265 e. The van der Waals surface area contributed by atoms with Crippen molar-refractivity contribution in [2.45, 2.75) is 27.2 Å². The monoisotopic (exact) mass is 340 g/mol. The van der Waals surface area contributed by atoms with E-state index in [1.54, 1.807) is 6.21 Å². The van der Waals surface area contributed by atoms with Crippen LogP contribution in [0.15, 0.2) is 47.6 Å². The van der Waals surface area contributed by atoms with Crippen molar-refractivity contribution in [3.05, 3.63) is 59.2 Å². The van der Waals surface area contributed by atoms with Crippen molar-refractivity contribution in [2.24, 2.45) is 5.16 Å². The molecule has 25 heavy (non-hydrogen) atoms. The van der Waals surface area contributed by atoms with Crippen molar-refractivity contribution in [3.63, 3.8) is 0 Å². The summed E-state index contributed by atoms with van der Waals surface area (Å²) < 4.78 is 5.37. The lowest BCUT2D eigenvalue weighted by molar-refractivity contribution is -0.120. The van der Waals surface area contributed by atoms with Gasteiger partial charge in [0.05, 0.1) is 12.8 Å². The third-order valence-corrected chi connectivity index (χ3v) is 3.67. The average Bonchev–Trinajstić information content (AvgIpc) is 2.62. The topological polar surface area (TPSA) is 59.9 Å². The van der Waals surface area contributed by atoms with Gasteiger partial charge < -0.3 is 14.9 Å². The summed E-state index contributed by atoms with van der Waals surface area (Å²) >= 11 is 0. The van der Waals surface area contributed by atoms with E-state index in [1.807, 2.05) is 56.3 Å². The summed E-state index contributed by atoms with van der Waals surface area (Å²) in [6, 6.07) is 13.4. The van der Waals surface area contributed by atoms with Crippen LogP contribution in [0, 0.1) is 6.92 Å². The lowest BCUT2D eigenvalue weighted by Crippen LogP contribution is -2.18. The molecule has 2 rings (SSSR count). The maximum Gasteiger partial charge on any atom is 0.265 e. The largest absolute Gasteiger partial charge is 0.494 e. The van der Waals surface area contributed by atoms with Gasteiger partial charge in [-0.25, -0.2) is 0 Å². The molecule has 0 unspecified atom stereocenters. The molecule has 5 heteroatoms. The van der Waals surface area contributed by atoms with E-state index in [9.17, 15) is 4.79 Å². The molecule has 2 aromatic rings. The summed E-state index contributed by atoms with van der Waals surface area (Å²) in [6.45, 7) is 6.47. The Hall–Kier alpha value is -2.82. The second kappa shape index (κ2) is 9.47. The number of nitrogens with one attached hydrogen (secondary N) is 1. The van der Waals surface area contributed by atoms with Crippen LogP contribution in [0.5, 0.6) is 5.75 Å². The summed E-state index contributed by atoms with van der Waals surface area (Å²) in [4.78, 5) is 17.1. The molecular weight excluding hydrogens is 316 g/mol. The predicted molar refractivity (Wildman–Crippen MR) is 100 cm³/mol. The molecule has 0 aliphatic rings. The number of hydrogen-bond acceptors (Lipinski definition) is 4. The first-order valence-electron chi connectivity index (χ1n) is 8.40. The Bertz CT molecular complexity index is 724. The SMILES string of the molecule is CCOc1ccc(/C=N\OCC(=O)Nc2c(C)cccc2CC)cc1. The van der Waals surface area contributed by atoms with Crippen molar-refractivity contribution >= 4 is 17.8 Å². The van der Waals surface area contributed by atoms with E-state index in [1.165, 1.54) is 0 Å². The number of anilines is 1. The fourth-order valence-electron chi connectivity index (χ4n) is 2.39. The summed E-state index contributed by atoms with van der Waals surface area (Å²) in [5.74, 6) is 0.581. The number of para-hydroxylation sites is 1. The van der Waals surface area contributed by atoms with Gasteiger partial charge in [0.25, 0.3) is 5.91 Å². The molecule has 0 fully saturated rings. The second-order valence-corrected chi connectivity index (χ2v) is 5.52. The van der Waals surface area contributed by atoms with E-state index < -0.39 is 0 Å². The number of rotatable bonds is 8. The van der Waals surface area contributed by atoms with E-state index in [0.29, 0.717) is 6.61 Å². The van der Waals surface area contributed by atoms with Gasteiger partial charge in [0.2, 0.25) is 0 Å². The fraction of sp³-hybridized carbons (Fsp3) is 0.300. The average molecular weight is 340 g/mol. The lowest BCUT2D eigenvalue weighted by atomic mass is 10.1. The Morgan fingerprint density at radius 1 is 1.16 bits per heavy atom. The normalized spacial score (nSPS) is 10.7. The molecule has 0 aliphatic carbocycles. The van der Waals surface area contributed by atoms with Crippen molar-refractivity contribution in [1.82, 2.24) is 0 Å². The van der Waals surface area contributed by atoms with E-state index in [0.717, 1.165) is 34.5 Å². The van der Waals surface area contributed by atoms with Crippen LogP contribution in [-0.4, -0.2) is 25.3 Å². The molecule has 5 nitrogen and oxygen atoms in total. The molecule has 132 valence electrons. The van der Waals surface area contributed by atoms with Crippen LogP contribution >= 0.6 is 0 Å². The number of nitrogens with zero attached hydrogens (tertiary/aromatic N) is 1. The van der Waals surface area contributed by atoms with Crippen molar-refractivity contribution < 1.29 is 14.4 Å². The zero-order chi connectivity index (χ0) is 18.1. The molecule has 0 radical (unpaired) electrons. The van der Waals surface area contributed by atoms with Gasteiger partial charge >= 0.3 is 0 Å². The third kappa shape index (κ3) is 5.64. The molecular formula is C20H24N2O3. The van der Waals surface area contributed by atoms with Crippen molar-refractivity contribution in [1.29, 1.82) is 0 Å². The minimum absolute atomic E-state index is 0.134. The number of hydrogen-bond donors (Lipinski definition) is 1. The van der Waals surface area contributed by atoms with Gasteiger partial charge in [-0.05, 0) is 61.2 Å². The Balaban J connectivity index is 1.84. The van der Waals surface area contributed by atoms with Gasteiger partial charge in [-0.3, -0.25) is 4.79 Å². The van der Waals surface area contributed by atoms with Crippen LogP contribution in [0.3, 0.4) is 0 Å². The first-order valence-corrected chi connectivity index (χ1v) is 8.40. The third-order valence-electron chi connectivity index (χ3n) is 3.67. The molecule has 0 spiro atoms. The second-order valence-electron chi connectivity index (χ2n) is 5.52. The van der Waals surface area contributed by atoms with Gasteiger partial charge in [-0.15, -0.1) is 0 Å². The van der Waals surface area contributed by atoms with Gasteiger partial charge in [0.1, 0.15) is 5.75 Å². The summed E-state index contributed by atoms with van der Waals surface area (Å²) in [5.41, 5.74) is 3.86. The van der Waals surface area contributed by atoms with Crippen LogP contribution in [0.25, 0.3) is 0 Å². The molecule has 0 atom stereocenters. The van der Waals surface area contributed by atoms with Gasteiger partial charge in [-0.2, -0.15) is 0 Å². The van der Waals surface area contributed by atoms with Crippen LogP contribution in [0.4, 0.5) is 5.69 Å². The first kappa shape index (κ1) is 18.5. The van der Waals surface area contributed by atoms with E-state index in [-0.39, 0.29) is 12.5 Å². The molecule has 1 amide bonds. The molecule has 0 aromatic heterocycles. The Morgan fingerprint density at radius 3 is 2.60 bits per heavy atom. The van der Waals surface area contributed by atoms with Crippen molar-refractivity contribution in [2.75, 3.05) is 18.5 Å². The molecule has 0 saturated carbocycles. The molecule has 0 saturated heterocycles. The molecule has 0 aliphatic heterocycles. The Labute approximate surface area is 148 Å². The first-order chi connectivity index (χ1) is 12.1. The van der Waals surface area contributed by atoms with Crippen LogP contribution in [-0.2, 0) is 16.1 Å². The number of carbonyl (C=O) groups is 1. The minimum atomic E-state index is -0.229. The fourth-order valence-corrected chi connectivity index (χ4v) is 2.39. The van der Waals surface area contributed by atoms with E-state index in [2.05, 4.69) is 17.4 Å². The standard InChI is InChI=1S/C20H24N2O3/c1-4-17-8-6-7-15(3)20(17)22-19(23)14-25-21-13-16-9-11-18(12-10-16)24-5-2/h6-13H,4-5,14H2,1-3H3,(H,22,23)/b21-13-. The minimum Gasteiger partial charge on any atom is -0.494 e. The summed E-state index contributed by atoms with van der Waals surface area (Å²) in [7, 11) is 0. The number of oxime groups is 1. The van der Waals surface area contributed by atoms with Crippen molar-refractivity contribution in [3.8, 4) is 5.75 Å². The highest BCUT2D eigenvalue weighted by Gasteiger charge is 2.08. The Morgan fingerprint density at radius 2 is 1.92 bits per heavy atom. The maximum absolute atomic E-state index is 12.0. The van der Waals surface area contributed by atoms with Gasteiger partial charge in [-0.1, -0.05) is 30.3 Å².